The van der Waals surface area contributed by atoms with E-state index in [-0.39, 0.29) is 0 Å². The summed E-state index contributed by atoms with van der Waals surface area (Å²) in [5.74, 6) is -2.20. The van der Waals surface area contributed by atoms with Crippen molar-refractivity contribution in [3.05, 3.63) is 22.7 Å². The molecule has 0 amide bonds. The summed E-state index contributed by atoms with van der Waals surface area (Å²) in [6.07, 6.45) is -3.99. The van der Waals surface area contributed by atoms with E-state index in [1.165, 1.54) is 0 Å². The van der Waals surface area contributed by atoms with Gasteiger partial charge in [-0.1, -0.05) is 11.6 Å². The van der Waals surface area contributed by atoms with Crippen molar-refractivity contribution in [1.29, 1.82) is 0 Å². The van der Waals surface area contributed by atoms with Gasteiger partial charge in [0, 0.05) is 6.26 Å². The van der Waals surface area contributed by atoms with E-state index >= 15 is 0 Å². The predicted molar refractivity (Wildman–Crippen MR) is 63.1 cm³/mol. The van der Waals surface area contributed by atoms with Crippen molar-refractivity contribution in [2.24, 2.45) is 0 Å². The number of alkyl halides is 3. The second-order valence-corrected chi connectivity index (χ2v) is 6.16. The summed E-state index contributed by atoms with van der Waals surface area (Å²) in [5, 5.41) is 8.24. The van der Waals surface area contributed by atoms with E-state index in [1.54, 1.807) is 0 Å². The molecule has 0 unspecified atom stereocenters. The Morgan fingerprint density at radius 1 is 1.40 bits per heavy atom. The van der Waals surface area contributed by atoms with Crippen LogP contribution in [0, 0.1) is 0 Å². The third-order valence-corrected chi connectivity index (χ3v) is 3.42. The van der Waals surface area contributed by atoms with Crippen LogP contribution in [-0.4, -0.2) is 38.5 Å². The molecule has 10 heteroatoms. The maximum absolute atomic E-state index is 12.1. The van der Waals surface area contributed by atoms with E-state index in [0.29, 0.717) is 12.3 Å². The minimum atomic E-state index is -4.69. The molecule has 0 spiro atoms. The van der Waals surface area contributed by atoms with Gasteiger partial charge in [-0.25, -0.2) is 13.2 Å². The molecule has 1 aromatic rings. The highest BCUT2D eigenvalue weighted by molar-refractivity contribution is 7.90. The van der Waals surface area contributed by atoms with Gasteiger partial charge in [0.1, 0.15) is 4.90 Å². The van der Waals surface area contributed by atoms with Crippen LogP contribution in [0.15, 0.2) is 17.0 Å². The van der Waals surface area contributed by atoms with Crippen LogP contribution in [0.2, 0.25) is 5.02 Å². The maximum atomic E-state index is 12.1. The van der Waals surface area contributed by atoms with Crippen LogP contribution >= 0.6 is 11.6 Å². The lowest BCUT2D eigenvalue weighted by Gasteiger charge is -2.14. The van der Waals surface area contributed by atoms with Crippen molar-refractivity contribution in [1.82, 2.24) is 0 Å². The number of rotatable bonds is 4. The van der Waals surface area contributed by atoms with Crippen molar-refractivity contribution < 1.29 is 36.2 Å². The molecule has 1 rings (SSSR count). The average molecular weight is 333 g/mol. The van der Waals surface area contributed by atoms with Gasteiger partial charge in [0.2, 0.25) is 0 Å². The molecule has 0 atom stereocenters. The standard InChI is InChI=1S/C10H8ClF3O5S/c1-20(17,18)7-3-5(9(15)16)2-6(11)8(7)19-4-10(12,13)14/h2-3H,4H2,1H3,(H,15,16). The zero-order valence-electron chi connectivity index (χ0n) is 9.86. The number of carbonyl (C=O) groups is 1. The Hall–Kier alpha value is -1.48. The fraction of sp³-hybridized carbons (Fsp3) is 0.300. The second kappa shape index (κ2) is 5.49. The number of aromatic carboxylic acids is 1. The number of ether oxygens (including phenoxy) is 1. The smallest absolute Gasteiger partial charge is 0.422 e. The monoisotopic (exact) mass is 332 g/mol. The number of carboxylic acid groups (broad SMARTS) is 1. The minimum Gasteiger partial charge on any atom is -0.481 e. The van der Waals surface area contributed by atoms with Gasteiger partial charge >= 0.3 is 12.1 Å². The largest absolute Gasteiger partial charge is 0.481 e. The van der Waals surface area contributed by atoms with Crippen LogP contribution in [0.4, 0.5) is 13.2 Å². The summed E-state index contributed by atoms with van der Waals surface area (Å²) in [4.78, 5) is 10.1. The van der Waals surface area contributed by atoms with Crippen molar-refractivity contribution in [3.8, 4) is 5.75 Å². The predicted octanol–water partition coefficient (Wildman–Crippen LogP) is 2.38. The summed E-state index contributed by atoms with van der Waals surface area (Å²) in [6, 6.07) is 1.50. The van der Waals surface area contributed by atoms with Gasteiger partial charge in [0.15, 0.2) is 22.2 Å². The first-order chi connectivity index (χ1) is 8.92. The summed E-state index contributed by atoms with van der Waals surface area (Å²) in [6.45, 7) is -1.75. The van der Waals surface area contributed by atoms with E-state index in [9.17, 15) is 26.4 Å². The highest BCUT2D eigenvalue weighted by Crippen LogP contribution is 2.34. The molecule has 0 bridgehead atoms. The molecule has 0 aromatic heterocycles. The molecular formula is C10H8ClF3O5S. The molecule has 1 N–H and O–H groups in total. The third kappa shape index (κ3) is 4.27. The lowest BCUT2D eigenvalue weighted by Crippen LogP contribution is -2.20. The van der Waals surface area contributed by atoms with Crippen molar-refractivity contribution >= 4 is 27.4 Å². The van der Waals surface area contributed by atoms with E-state index in [4.69, 9.17) is 16.7 Å². The first-order valence-electron chi connectivity index (χ1n) is 4.88. The van der Waals surface area contributed by atoms with E-state index in [2.05, 4.69) is 4.74 Å². The molecule has 0 heterocycles. The molecule has 1 aromatic carbocycles. The Bertz CT molecular complexity index is 639. The van der Waals surface area contributed by atoms with Gasteiger partial charge in [0.05, 0.1) is 10.6 Å². The van der Waals surface area contributed by atoms with Crippen LogP contribution in [0.5, 0.6) is 5.75 Å². The lowest BCUT2D eigenvalue weighted by molar-refractivity contribution is -0.153. The van der Waals surface area contributed by atoms with Crippen molar-refractivity contribution in [2.45, 2.75) is 11.1 Å². The molecule has 0 fully saturated rings. The summed E-state index contributed by atoms with van der Waals surface area (Å²) in [7, 11) is -4.02. The van der Waals surface area contributed by atoms with Gasteiger partial charge in [-0.2, -0.15) is 13.2 Å². The summed E-state index contributed by atoms with van der Waals surface area (Å²) < 4.78 is 63.6. The zero-order valence-corrected chi connectivity index (χ0v) is 11.4. The Balaban J connectivity index is 3.39. The third-order valence-electron chi connectivity index (χ3n) is 2.04. The molecule has 20 heavy (non-hydrogen) atoms. The Morgan fingerprint density at radius 2 is 1.95 bits per heavy atom. The van der Waals surface area contributed by atoms with Gasteiger partial charge < -0.3 is 9.84 Å². The number of benzene rings is 1. The number of halogens is 4. The van der Waals surface area contributed by atoms with Crippen LogP contribution in [0.25, 0.3) is 0 Å². The number of hydrogen-bond donors (Lipinski definition) is 1. The Kier molecular flexibility index (Phi) is 4.55. The first-order valence-corrected chi connectivity index (χ1v) is 7.15. The first kappa shape index (κ1) is 16.6. The number of sulfone groups is 1. The topological polar surface area (TPSA) is 80.7 Å². The average Bonchev–Trinajstić information content (AvgIpc) is 2.23. The lowest BCUT2D eigenvalue weighted by atomic mass is 10.2. The van der Waals surface area contributed by atoms with Gasteiger partial charge in [-0.3, -0.25) is 0 Å². The summed E-state index contributed by atoms with van der Waals surface area (Å²) in [5.41, 5.74) is -0.477. The number of hydrogen-bond acceptors (Lipinski definition) is 4. The normalized spacial score (nSPS) is 12.2. The van der Waals surface area contributed by atoms with Crippen molar-refractivity contribution in [3.63, 3.8) is 0 Å². The van der Waals surface area contributed by atoms with E-state index in [0.717, 1.165) is 6.07 Å². The highest BCUT2D eigenvalue weighted by atomic mass is 35.5. The van der Waals surface area contributed by atoms with Gasteiger partial charge in [0.25, 0.3) is 0 Å². The van der Waals surface area contributed by atoms with E-state index in [1.807, 2.05) is 0 Å². The molecule has 0 aliphatic rings. The number of carboxylic acids is 1. The molecule has 0 aliphatic carbocycles. The van der Waals surface area contributed by atoms with Crippen LogP contribution < -0.4 is 4.74 Å². The Labute approximate surface area is 116 Å². The van der Waals surface area contributed by atoms with Crippen molar-refractivity contribution in [2.75, 3.05) is 12.9 Å². The Morgan fingerprint density at radius 3 is 2.35 bits per heavy atom. The van der Waals surface area contributed by atoms with E-state index < -0.39 is 49.8 Å². The zero-order chi connectivity index (χ0) is 15.7. The fourth-order valence-corrected chi connectivity index (χ4v) is 2.44. The molecule has 0 saturated heterocycles. The highest BCUT2D eigenvalue weighted by Gasteiger charge is 2.30. The molecule has 0 aliphatic heterocycles. The minimum absolute atomic E-state index is 0.477. The quantitative estimate of drug-likeness (QED) is 0.915. The van der Waals surface area contributed by atoms with Crippen LogP contribution in [-0.2, 0) is 9.84 Å². The second-order valence-electron chi connectivity index (χ2n) is 3.77. The fourth-order valence-electron chi connectivity index (χ4n) is 1.26. The van der Waals surface area contributed by atoms with Gasteiger partial charge in [-0.15, -0.1) is 0 Å². The summed E-state index contributed by atoms with van der Waals surface area (Å²) >= 11 is 5.59. The van der Waals surface area contributed by atoms with Gasteiger partial charge in [-0.05, 0) is 12.1 Å². The molecule has 0 saturated carbocycles. The molecule has 0 radical (unpaired) electrons. The molecule has 5 nitrogen and oxygen atoms in total. The van der Waals surface area contributed by atoms with Crippen LogP contribution in [0.1, 0.15) is 10.4 Å². The maximum Gasteiger partial charge on any atom is 0.422 e. The molecule has 112 valence electrons. The van der Waals surface area contributed by atoms with Crippen LogP contribution in [0.3, 0.4) is 0 Å². The SMILES string of the molecule is CS(=O)(=O)c1cc(C(=O)O)cc(Cl)c1OCC(F)(F)F. The molecular weight excluding hydrogens is 325 g/mol.